The molecule has 0 radical (unpaired) electrons. The van der Waals surface area contributed by atoms with E-state index in [1.54, 1.807) is 24.3 Å². The van der Waals surface area contributed by atoms with Gasteiger partial charge in [0, 0.05) is 18.9 Å². The van der Waals surface area contributed by atoms with Crippen molar-refractivity contribution in [3.63, 3.8) is 0 Å². The molecular weight excluding hydrogens is 504 g/mol. The number of hydrogen-bond acceptors (Lipinski definition) is 6. The number of aliphatic hydroxyl groups is 1. The number of benzene rings is 1. The zero-order valence-electron chi connectivity index (χ0n) is 24.9. The van der Waals surface area contributed by atoms with Crippen molar-refractivity contribution in [3.05, 3.63) is 35.4 Å². The van der Waals surface area contributed by atoms with Crippen LogP contribution in [0.4, 0.5) is 0 Å². The fourth-order valence-corrected chi connectivity index (χ4v) is 10.7. The maximum Gasteiger partial charge on any atom is 0.302 e. The van der Waals surface area contributed by atoms with Crippen molar-refractivity contribution < 1.29 is 24.2 Å². The Hall–Kier alpha value is -2.25. The Bertz CT molecular complexity index is 1180. The zero-order chi connectivity index (χ0) is 28.7. The molecule has 0 bridgehead atoms. The van der Waals surface area contributed by atoms with Gasteiger partial charge in [-0.15, -0.1) is 0 Å². The summed E-state index contributed by atoms with van der Waals surface area (Å²) in [6, 6.07) is 6.48. The minimum absolute atomic E-state index is 0.0161. The average molecular weight is 551 g/mol. The van der Waals surface area contributed by atoms with Crippen LogP contribution in [0.5, 0.6) is 0 Å². The summed E-state index contributed by atoms with van der Waals surface area (Å²) in [6.07, 6.45) is 5.60. The molecule has 0 spiro atoms. The quantitative estimate of drug-likeness (QED) is 0.429. The van der Waals surface area contributed by atoms with Crippen LogP contribution in [0.3, 0.4) is 0 Å². The molecule has 4 aliphatic carbocycles. The topological polar surface area (TPSA) is 87.1 Å². The zero-order valence-corrected chi connectivity index (χ0v) is 24.9. The SMILES string of the molecule is CC(=O)OC1C(N2C(=O)c3ccccc3C2=O)C(O)CC2(C)C3CCC4(C)C(CCC4C(C)N(C)C)C3CCC12. The number of esters is 1. The molecule has 7 heteroatoms. The van der Waals surface area contributed by atoms with Gasteiger partial charge < -0.3 is 14.7 Å². The lowest BCUT2D eigenvalue weighted by Crippen LogP contribution is -2.67. The van der Waals surface area contributed by atoms with Gasteiger partial charge in [-0.2, -0.15) is 0 Å². The van der Waals surface area contributed by atoms with E-state index in [4.69, 9.17) is 4.74 Å². The van der Waals surface area contributed by atoms with Crippen molar-refractivity contribution in [1.29, 1.82) is 0 Å². The monoisotopic (exact) mass is 550 g/mol. The minimum Gasteiger partial charge on any atom is -0.460 e. The van der Waals surface area contributed by atoms with Gasteiger partial charge in [0.25, 0.3) is 11.8 Å². The first kappa shape index (κ1) is 27.9. The molecule has 6 rings (SSSR count). The number of amides is 2. The second-order valence-corrected chi connectivity index (χ2v) is 14.4. The van der Waals surface area contributed by atoms with Crippen LogP contribution < -0.4 is 0 Å². The van der Waals surface area contributed by atoms with E-state index in [0.29, 0.717) is 52.7 Å². The molecule has 0 saturated heterocycles. The van der Waals surface area contributed by atoms with E-state index in [1.807, 2.05) is 0 Å². The number of rotatable bonds is 4. The molecule has 0 aromatic heterocycles. The van der Waals surface area contributed by atoms with Gasteiger partial charge in [-0.3, -0.25) is 19.3 Å². The number of carbonyl (C=O) groups is 3. The number of fused-ring (bicyclic) bond motifs is 6. The molecule has 4 saturated carbocycles. The third-order valence-corrected chi connectivity index (χ3v) is 12.6. The molecule has 40 heavy (non-hydrogen) atoms. The van der Waals surface area contributed by atoms with Crippen molar-refractivity contribution in [3.8, 4) is 0 Å². The molecule has 4 fully saturated rings. The van der Waals surface area contributed by atoms with E-state index in [-0.39, 0.29) is 11.3 Å². The molecule has 218 valence electrons. The number of aliphatic hydroxyl groups excluding tert-OH is 1. The van der Waals surface area contributed by atoms with Crippen LogP contribution in [-0.2, 0) is 9.53 Å². The van der Waals surface area contributed by atoms with Crippen LogP contribution in [0.25, 0.3) is 0 Å². The van der Waals surface area contributed by atoms with Crippen LogP contribution in [0, 0.1) is 40.4 Å². The summed E-state index contributed by atoms with van der Waals surface area (Å²) in [5.74, 6) is 1.10. The van der Waals surface area contributed by atoms with E-state index in [0.717, 1.165) is 19.3 Å². The lowest BCUT2D eigenvalue weighted by atomic mass is 9.43. The summed E-state index contributed by atoms with van der Waals surface area (Å²) in [7, 11) is 4.39. The molecule has 1 N–H and O–H groups in total. The van der Waals surface area contributed by atoms with Gasteiger partial charge in [-0.1, -0.05) is 26.0 Å². The molecule has 5 aliphatic rings. The summed E-state index contributed by atoms with van der Waals surface area (Å²) < 4.78 is 6.03. The Morgan fingerprint density at radius 3 is 2.17 bits per heavy atom. The lowest BCUT2D eigenvalue weighted by Gasteiger charge is -2.63. The third-order valence-electron chi connectivity index (χ3n) is 12.6. The second kappa shape index (κ2) is 9.65. The first-order chi connectivity index (χ1) is 18.9. The fraction of sp³-hybridized carbons (Fsp3) is 0.727. The van der Waals surface area contributed by atoms with Crippen LogP contribution in [0.2, 0.25) is 0 Å². The molecular formula is C33H46N2O5. The van der Waals surface area contributed by atoms with Crippen molar-refractivity contribution in [1.82, 2.24) is 9.80 Å². The van der Waals surface area contributed by atoms with Gasteiger partial charge in [-0.25, -0.2) is 0 Å². The Morgan fingerprint density at radius 2 is 1.57 bits per heavy atom. The first-order valence-corrected chi connectivity index (χ1v) is 15.4. The van der Waals surface area contributed by atoms with Gasteiger partial charge in [0.2, 0.25) is 0 Å². The maximum absolute atomic E-state index is 13.5. The van der Waals surface area contributed by atoms with Gasteiger partial charge in [0.1, 0.15) is 12.1 Å². The van der Waals surface area contributed by atoms with E-state index in [2.05, 4.69) is 39.8 Å². The average Bonchev–Trinajstić information content (AvgIpc) is 3.37. The highest BCUT2D eigenvalue weighted by Crippen LogP contribution is 2.68. The smallest absolute Gasteiger partial charge is 0.302 e. The van der Waals surface area contributed by atoms with Gasteiger partial charge in [0.05, 0.1) is 17.2 Å². The minimum atomic E-state index is -0.954. The first-order valence-electron chi connectivity index (χ1n) is 15.4. The van der Waals surface area contributed by atoms with Crippen LogP contribution in [0.1, 0.15) is 93.4 Å². The van der Waals surface area contributed by atoms with E-state index in [9.17, 15) is 19.5 Å². The number of hydrogen-bond donors (Lipinski definition) is 1. The van der Waals surface area contributed by atoms with Crippen LogP contribution >= 0.6 is 0 Å². The molecule has 1 aromatic carbocycles. The van der Waals surface area contributed by atoms with Crippen molar-refractivity contribution >= 4 is 17.8 Å². The predicted molar refractivity (Wildman–Crippen MR) is 151 cm³/mol. The molecule has 1 heterocycles. The molecule has 11 unspecified atom stereocenters. The van der Waals surface area contributed by atoms with Crippen LogP contribution in [-0.4, -0.2) is 71.1 Å². The van der Waals surface area contributed by atoms with Gasteiger partial charge in [0.15, 0.2) is 0 Å². The summed E-state index contributed by atoms with van der Waals surface area (Å²) in [6.45, 7) is 8.60. The molecule has 2 amide bonds. The summed E-state index contributed by atoms with van der Waals surface area (Å²) >= 11 is 0. The molecule has 1 aliphatic heterocycles. The van der Waals surface area contributed by atoms with Gasteiger partial charge in [-0.05, 0) is 113 Å². The highest BCUT2D eigenvalue weighted by Gasteiger charge is 2.65. The maximum atomic E-state index is 13.5. The molecule has 1 aromatic rings. The largest absolute Gasteiger partial charge is 0.460 e. The van der Waals surface area contributed by atoms with E-state index >= 15 is 0 Å². The Labute approximate surface area is 238 Å². The predicted octanol–water partition coefficient (Wildman–Crippen LogP) is 4.77. The number of ether oxygens (including phenoxy) is 1. The third kappa shape index (κ3) is 3.86. The second-order valence-electron chi connectivity index (χ2n) is 14.4. The van der Waals surface area contributed by atoms with Crippen LogP contribution in [0.15, 0.2) is 24.3 Å². The Morgan fingerprint density at radius 1 is 0.975 bits per heavy atom. The van der Waals surface area contributed by atoms with E-state index in [1.165, 1.54) is 31.1 Å². The summed E-state index contributed by atoms with van der Waals surface area (Å²) in [5.41, 5.74) is 0.795. The van der Waals surface area contributed by atoms with E-state index < -0.39 is 36.0 Å². The highest BCUT2D eigenvalue weighted by molar-refractivity contribution is 6.21. The molecule has 11 atom stereocenters. The number of carbonyl (C=O) groups excluding carboxylic acids is 3. The summed E-state index contributed by atoms with van der Waals surface area (Å²) in [5, 5.41) is 11.8. The lowest BCUT2D eigenvalue weighted by molar-refractivity contribution is -0.202. The van der Waals surface area contributed by atoms with Crippen molar-refractivity contribution in [2.45, 2.75) is 96.9 Å². The fourth-order valence-electron chi connectivity index (χ4n) is 10.7. The van der Waals surface area contributed by atoms with Crippen molar-refractivity contribution in [2.24, 2.45) is 40.4 Å². The number of nitrogens with zero attached hydrogens (tertiary/aromatic N) is 2. The number of imide groups is 1. The van der Waals surface area contributed by atoms with Gasteiger partial charge >= 0.3 is 5.97 Å². The standard InChI is InChI=1S/C33H46N2O5/c1-18(34(5)6)23-13-14-24-22-11-12-26-29(40-19(2)36)28(35-30(38)20-9-7-8-10-21(20)31(35)39)27(37)17-33(26,4)25(22)15-16-32(23,24)3/h7-10,18,22-29,37H,11-17H2,1-6H3. The highest BCUT2D eigenvalue weighted by atomic mass is 16.5. The Balaban J connectivity index is 1.32. The normalized spacial score (nSPS) is 43.1. The Kier molecular flexibility index (Phi) is 6.73. The van der Waals surface area contributed by atoms with Crippen molar-refractivity contribution in [2.75, 3.05) is 14.1 Å². The molecule has 7 nitrogen and oxygen atoms in total. The summed E-state index contributed by atoms with van der Waals surface area (Å²) in [4.78, 5) is 43.0.